The Morgan fingerprint density at radius 1 is 1.12 bits per heavy atom. The topological polar surface area (TPSA) is 140 Å². The molecule has 5 rings (SSSR count). The molecule has 9 nitrogen and oxygen atoms in total. The van der Waals surface area contributed by atoms with Crippen LogP contribution in [0.3, 0.4) is 0 Å². The molecule has 0 saturated carbocycles. The summed E-state index contributed by atoms with van der Waals surface area (Å²) < 4.78 is 19.3. The molecule has 0 spiro atoms. The van der Waals surface area contributed by atoms with E-state index in [9.17, 15) is 24.3 Å². The molecule has 204 valence electrons. The molecular weight excluding hydrogens is 537 g/mol. The molecule has 1 fully saturated rings. The number of aromatic nitrogens is 1. The molecule has 4 N–H and O–H groups in total. The van der Waals surface area contributed by atoms with Crippen molar-refractivity contribution in [1.29, 1.82) is 5.26 Å². The number of anilines is 2. The summed E-state index contributed by atoms with van der Waals surface area (Å²) in [6, 6.07) is 17.6. The maximum atomic E-state index is 14.2. The summed E-state index contributed by atoms with van der Waals surface area (Å²) in [4.78, 5) is 29.7. The number of halogens is 2. The van der Waals surface area contributed by atoms with Crippen LogP contribution in [0.15, 0.2) is 71.3 Å². The van der Waals surface area contributed by atoms with Crippen molar-refractivity contribution in [3.8, 4) is 34.2 Å². The number of pyridine rings is 1. The van der Waals surface area contributed by atoms with Crippen LogP contribution in [0, 0.1) is 17.1 Å². The predicted octanol–water partition coefficient (Wildman–Crippen LogP) is 5.48. The van der Waals surface area contributed by atoms with Crippen LogP contribution < -0.4 is 16.0 Å². The van der Waals surface area contributed by atoms with Gasteiger partial charge in [0.05, 0.1) is 12.0 Å². The van der Waals surface area contributed by atoms with Crippen molar-refractivity contribution >= 4 is 35.7 Å². The van der Waals surface area contributed by atoms with Gasteiger partial charge in [0.1, 0.15) is 11.6 Å². The Morgan fingerprint density at radius 3 is 2.67 bits per heavy atom. The maximum Gasteiger partial charge on any atom is 0.292 e. The summed E-state index contributed by atoms with van der Waals surface area (Å²) in [7, 11) is 0. The van der Waals surface area contributed by atoms with Crippen LogP contribution in [0.1, 0.15) is 35.4 Å². The van der Waals surface area contributed by atoms with Crippen molar-refractivity contribution in [2.45, 2.75) is 25.3 Å². The third-order valence-electron chi connectivity index (χ3n) is 6.42. The first-order valence-corrected chi connectivity index (χ1v) is 12.3. The van der Waals surface area contributed by atoms with Crippen molar-refractivity contribution in [2.75, 3.05) is 17.2 Å². The van der Waals surface area contributed by atoms with E-state index in [2.05, 4.69) is 27.0 Å². The van der Waals surface area contributed by atoms with E-state index in [1.807, 2.05) is 0 Å². The lowest BCUT2D eigenvalue weighted by Gasteiger charge is -2.15. The largest absolute Gasteiger partial charge is 0.504 e. The maximum absolute atomic E-state index is 14.2. The first-order chi connectivity index (χ1) is 18.9. The monoisotopic (exact) mass is 561 g/mol. The lowest BCUT2D eigenvalue weighted by Crippen LogP contribution is -2.27. The molecule has 2 amide bonds. The zero-order chi connectivity index (χ0) is 27.4. The fourth-order valence-corrected chi connectivity index (χ4v) is 4.54. The highest BCUT2D eigenvalue weighted by Crippen LogP contribution is 2.37. The smallest absolute Gasteiger partial charge is 0.292 e. The Kier molecular flexibility index (Phi) is 8.79. The van der Waals surface area contributed by atoms with Gasteiger partial charge >= 0.3 is 0 Å². The molecular formula is C29H25ClFN5O4. The van der Waals surface area contributed by atoms with Gasteiger partial charge in [0, 0.05) is 29.3 Å². The lowest BCUT2D eigenvalue weighted by atomic mass is 9.97. The molecule has 1 aliphatic heterocycles. The molecule has 1 aliphatic rings. The molecule has 0 unspecified atom stereocenters. The molecule has 3 heterocycles. The van der Waals surface area contributed by atoms with E-state index >= 15 is 0 Å². The van der Waals surface area contributed by atoms with Gasteiger partial charge in [0.2, 0.25) is 5.91 Å². The number of carbonyl (C=O) groups excluding carboxylic acids is 2. The number of rotatable bonds is 7. The number of nitrogens with one attached hydrogen (secondary N) is 3. The van der Waals surface area contributed by atoms with Crippen LogP contribution in [-0.2, 0) is 4.79 Å². The van der Waals surface area contributed by atoms with Crippen molar-refractivity contribution < 1.29 is 23.5 Å². The van der Waals surface area contributed by atoms with E-state index in [1.54, 1.807) is 30.3 Å². The number of aromatic hydroxyl groups is 1. The zero-order valence-corrected chi connectivity index (χ0v) is 21.9. The standard InChI is InChI=1S/C29H24FN5O4.ClH/c30-23-9-2-8-20(27(23)37)24-15-21(22(16-31)28(34-24)35-29(38)25-10-4-12-39-25)17-5-1-6-19(13-17)33-26(36)14-18-7-3-11-32-18;/h1-2,4-6,8-10,12-13,15,18,32,37H,3,7,11,14H2,(H,33,36)(H,34,35,38);1H/t18-;/m1./s1. The highest BCUT2D eigenvalue weighted by molar-refractivity contribution is 6.03. The van der Waals surface area contributed by atoms with E-state index < -0.39 is 17.5 Å². The second-order valence-corrected chi connectivity index (χ2v) is 9.08. The minimum Gasteiger partial charge on any atom is -0.504 e. The molecule has 1 saturated heterocycles. The molecule has 1 atom stereocenters. The average Bonchev–Trinajstić information content (AvgIpc) is 3.65. The number of furan rings is 1. The van der Waals surface area contributed by atoms with Gasteiger partial charge in [0.25, 0.3) is 5.91 Å². The minimum atomic E-state index is -0.845. The summed E-state index contributed by atoms with van der Waals surface area (Å²) in [5.74, 6) is -2.34. The van der Waals surface area contributed by atoms with Gasteiger partial charge < -0.3 is 25.5 Å². The Morgan fingerprint density at radius 2 is 1.95 bits per heavy atom. The summed E-state index contributed by atoms with van der Waals surface area (Å²) in [6.07, 6.45) is 3.66. The van der Waals surface area contributed by atoms with E-state index in [0.29, 0.717) is 23.2 Å². The van der Waals surface area contributed by atoms with Crippen LogP contribution in [0.4, 0.5) is 15.9 Å². The minimum absolute atomic E-state index is 0. The van der Waals surface area contributed by atoms with Gasteiger partial charge in [0.15, 0.2) is 23.1 Å². The number of benzene rings is 2. The van der Waals surface area contributed by atoms with Crippen LogP contribution in [-0.4, -0.2) is 34.5 Å². The molecule has 11 heteroatoms. The summed E-state index contributed by atoms with van der Waals surface area (Å²) in [6.45, 7) is 0.897. The first kappa shape index (κ1) is 28.3. The van der Waals surface area contributed by atoms with Crippen LogP contribution in [0.2, 0.25) is 0 Å². The number of nitriles is 1. The number of phenolic OH excluding ortho intramolecular Hbond substituents is 1. The molecule has 40 heavy (non-hydrogen) atoms. The number of hydrogen-bond acceptors (Lipinski definition) is 7. The SMILES string of the molecule is Cl.N#Cc1c(-c2cccc(NC(=O)C[C@H]3CCCN3)c2)cc(-c2cccc(F)c2O)nc1NC(=O)c1ccco1. The average molecular weight is 562 g/mol. The Hall–Kier alpha value is -4.72. The molecule has 0 radical (unpaired) electrons. The number of nitrogens with zero attached hydrogens (tertiary/aromatic N) is 2. The fraction of sp³-hybridized carbons (Fsp3) is 0.172. The van der Waals surface area contributed by atoms with Crippen LogP contribution >= 0.6 is 12.4 Å². The Bertz CT molecular complexity index is 1580. The second kappa shape index (κ2) is 12.4. The summed E-state index contributed by atoms with van der Waals surface area (Å²) in [5, 5.41) is 29.3. The van der Waals surface area contributed by atoms with Gasteiger partial charge in [-0.05, 0) is 67.4 Å². The van der Waals surface area contributed by atoms with Gasteiger partial charge in [-0.2, -0.15) is 5.26 Å². The van der Waals surface area contributed by atoms with Gasteiger partial charge in [-0.25, -0.2) is 9.37 Å². The van der Waals surface area contributed by atoms with Crippen molar-refractivity contribution in [3.05, 3.63) is 84.1 Å². The zero-order valence-electron chi connectivity index (χ0n) is 21.1. The first-order valence-electron chi connectivity index (χ1n) is 12.3. The van der Waals surface area contributed by atoms with Gasteiger partial charge in [-0.15, -0.1) is 12.4 Å². The quantitative estimate of drug-likeness (QED) is 0.234. The van der Waals surface area contributed by atoms with E-state index in [4.69, 9.17) is 4.42 Å². The highest BCUT2D eigenvalue weighted by atomic mass is 35.5. The van der Waals surface area contributed by atoms with E-state index in [-0.39, 0.29) is 52.8 Å². The van der Waals surface area contributed by atoms with Gasteiger partial charge in [-0.3, -0.25) is 9.59 Å². The van der Waals surface area contributed by atoms with Crippen molar-refractivity contribution in [2.24, 2.45) is 0 Å². The number of phenols is 1. The molecule has 2 aromatic heterocycles. The normalized spacial score (nSPS) is 14.2. The second-order valence-electron chi connectivity index (χ2n) is 9.08. The number of carbonyl (C=O) groups is 2. The fourth-order valence-electron chi connectivity index (χ4n) is 4.54. The Labute approximate surface area is 235 Å². The van der Waals surface area contributed by atoms with Crippen LogP contribution in [0.5, 0.6) is 5.75 Å². The number of amides is 2. The predicted molar refractivity (Wildman–Crippen MR) is 150 cm³/mol. The van der Waals surface area contributed by atoms with E-state index in [0.717, 1.165) is 25.5 Å². The lowest BCUT2D eigenvalue weighted by molar-refractivity contribution is -0.116. The molecule has 0 aliphatic carbocycles. The van der Waals surface area contributed by atoms with Crippen molar-refractivity contribution in [3.63, 3.8) is 0 Å². The van der Waals surface area contributed by atoms with E-state index in [1.165, 1.54) is 30.5 Å². The Balaban J connectivity index is 0.00000370. The highest BCUT2D eigenvalue weighted by Gasteiger charge is 2.22. The molecule has 0 bridgehead atoms. The van der Waals surface area contributed by atoms with Crippen molar-refractivity contribution in [1.82, 2.24) is 10.3 Å². The summed E-state index contributed by atoms with van der Waals surface area (Å²) >= 11 is 0. The molecule has 2 aromatic carbocycles. The summed E-state index contributed by atoms with van der Waals surface area (Å²) in [5.41, 5.74) is 1.65. The number of hydrogen-bond donors (Lipinski definition) is 4. The van der Waals surface area contributed by atoms with Crippen LogP contribution in [0.25, 0.3) is 22.4 Å². The number of para-hydroxylation sites is 1. The molecule has 4 aromatic rings. The third-order valence-corrected chi connectivity index (χ3v) is 6.42. The van der Waals surface area contributed by atoms with Gasteiger partial charge in [-0.1, -0.05) is 18.2 Å². The third kappa shape index (κ3) is 6.12.